The van der Waals surface area contributed by atoms with Gasteiger partial charge in [0.25, 0.3) is 0 Å². The molecular weight excluding hydrogens is 172 g/mol. The Bertz CT molecular complexity index is 190. The molecule has 1 saturated heterocycles. The maximum Gasteiger partial charge on any atom is 0.163 e. The molecule has 4 nitrogen and oxygen atoms in total. The summed E-state index contributed by atoms with van der Waals surface area (Å²) in [5, 5.41) is 18.9. The molecule has 76 valence electrons. The summed E-state index contributed by atoms with van der Waals surface area (Å²) in [4.78, 5) is 0. The van der Waals surface area contributed by atoms with Gasteiger partial charge in [-0.15, -0.1) is 6.58 Å². The van der Waals surface area contributed by atoms with E-state index in [1.54, 1.807) is 13.8 Å². The van der Waals surface area contributed by atoms with Gasteiger partial charge in [-0.25, -0.2) is 0 Å². The van der Waals surface area contributed by atoms with Crippen molar-refractivity contribution in [2.45, 2.75) is 37.9 Å². The van der Waals surface area contributed by atoms with Crippen LogP contribution >= 0.6 is 0 Å². The monoisotopic (exact) mass is 188 g/mol. The molecule has 0 aliphatic carbocycles. The molecule has 0 aromatic carbocycles. The molecule has 2 N–H and O–H groups in total. The molecule has 1 aliphatic heterocycles. The summed E-state index contributed by atoms with van der Waals surface area (Å²) < 4.78 is 10.5. The molecule has 0 aromatic rings. The lowest BCUT2D eigenvalue weighted by Gasteiger charge is -2.40. The van der Waals surface area contributed by atoms with Crippen LogP contribution in [-0.2, 0) is 9.47 Å². The summed E-state index contributed by atoms with van der Waals surface area (Å²) in [5.74, 6) is -0.756. The average molecular weight is 188 g/mol. The first-order valence-electron chi connectivity index (χ1n) is 4.27. The molecule has 3 atom stereocenters. The van der Waals surface area contributed by atoms with Crippen LogP contribution in [0, 0.1) is 0 Å². The van der Waals surface area contributed by atoms with Gasteiger partial charge in [0.2, 0.25) is 0 Å². The molecule has 0 radical (unpaired) electrons. The molecule has 1 rings (SSSR count). The lowest BCUT2D eigenvalue weighted by Crippen LogP contribution is -2.53. The molecule has 0 spiro atoms. The molecule has 3 unspecified atom stereocenters. The highest BCUT2D eigenvalue weighted by Crippen LogP contribution is 2.24. The first-order chi connectivity index (χ1) is 5.96. The Kier molecular flexibility index (Phi) is 3.08. The number of hydrogen-bond acceptors (Lipinski definition) is 4. The minimum atomic E-state index is -0.863. The van der Waals surface area contributed by atoms with Crippen molar-refractivity contribution in [3.63, 3.8) is 0 Å². The van der Waals surface area contributed by atoms with Crippen LogP contribution < -0.4 is 0 Å². The molecular formula is C9H16O4. The lowest BCUT2D eigenvalue weighted by molar-refractivity contribution is -0.314. The van der Waals surface area contributed by atoms with Gasteiger partial charge in [-0.05, 0) is 13.8 Å². The number of rotatable bonds is 2. The topological polar surface area (TPSA) is 58.9 Å². The third-order valence-electron chi connectivity index (χ3n) is 1.98. The van der Waals surface area contributed by atoms with E-state index in [0.717, 1.165) is 0 Å². The van der Waals surface area contributed by atoms with E-state index in [9.17, 15) is 10.2 Å². The Labute approximate surface area is 77.8 Å². The molecule has 0 aromatic heterocycles. The summed E-state index contributed by atoms with van der Waals surface area (Å²) in [7, 11) is 0. The van der Waals surface area contributed by atoms with E-state index < -0.39 is 24.1 Å². The highest BCUT2D eigenvalue weighted by atomic mass is 16.7. The van der Waals surface area contributed by atoms with Crippen molar-refractivity contribution in [2.75, 3.05) is 6.61 Å². The molecule has 13 heavy (non-hydrogen) atoms. The highest BCUT2D eigenvalue weighted by Gasteiger charge is 2.38. The van der Waals surface area contributed by atoms with E-state index in [1.807, 2.05) is 0 Å². The molecule has 4 heteroatoms. The molecule has 0 amide bonds. The highest BCUT2D eigenvalue weighted by molar-refractivity contribution is 4.91. The lowest BCUT2D eigenvalue weighted by atomic mass is 10.1. The Balaban J connectivity index is 2.65. The van der Waals surface area contributed by atoms with Gasteiger partial charge in [0, 0.05) is 0 Å². The maximum absolute atomic E-state index is 9.44. The van der Waals surface area contributed by atoms with Crippen LogP contribution in [0.5, 0.6) is 0 Å². The summed E-state index contributed by atoms with van der Waals surface area (Å²) in [6.45, 7) is 7.08. The largest absolute Gasteiger partial charge is 0.388 e. The van der Waals surface area contributed by atoms with E-state index in [0.29, 0.717) is 0 Å². The van der Waals surface area contributed by atoms with Crippen LogP contribution in [-0.4, -0.2) is 40.9 Å². The quantitative estimate of drug-likeness (QED) is 0.601. The van der Waals surface area contributed by atoms with Crippen LogP contribution in [0.1, 0.15) is 13.8 Å². The Morgan fingerprint density at radius 2 is 2.23 bits per heavy atom. The first kappa shape index (κ1) is 10.7. The number of aliphatic hydroxyl groups excluding tert-OH is 2. The van der Waals surface area contributed by atoms with E-state index in [2.05, 4.69) is 6.58 Å². The summed E-state index contributed by atoms with van der Waals surface area (Å²) in [5.41, 5.74) is 0. The Morgan fingerprint density at radius 3 is 2.77 bits per heavy atom. The zero-order valence-corrected chi connectivity index (χ0v) is 7.93. The minimum absolute atomic E-state index is 0.169. The van der Waals surface area contributed by atoms with Gasteiger partial charge in [-0.3, -0.25) is 0 Å². The van der Waals surface area contributed by atoms with Crippen molar-refractivity contribution in [2.24, 2.45) is 0 Å². The predicted molar refractivity (Wildman–Crippen MR) is 47.1 cm³/mol. The standard InChI is InChI=1S/C9H16O4/c1-4-6(10)8-7(11)5-12-9(2,3)13-8/h4,6-8,10-11H,1,5H2,2-3H3. The van der Waals surface area contributed by atoms with Crippen molar-refractivity contribution in [1.82, 2.24) is 0 Å². The smallest absolute Gasteiger partial charge is 0.163 e. The summed E-state index contributed by atoms with van der Waals surface area (Å²) in [6, 6.07) is 0. The zero-order chi connectivity index (χ0) is 10.1. The predicted octanol–water partition coefficient (Wildman–Crippen LogP) is 0.0457. The van der Waals surface area contributed by atoms with Gasteiger partial charge < -0.3 is 19.7 Å². The number of aliphatic hydroxyl groups is 2. The fourth-order valence-electron chi connectivity index (χ4n) is 1.25. The van der Waals surface area contributed by atoms with E-state index >= 15 is 0 Å². The first-order valence-corrected chi connectivity index (χ1v) is 4.27. The zero-order valence-electron chi connectivity index (χ0n) is 7.93. The minimum Gasteiger partial charge on any atom is -0.388 e. The second kappa shape index (κ2) is 3.75. The van der Waals surface area contributed by atoms with Crippen LogP contribution in [0.3, 0.4) is 0 Å². The van der Waals surface area contributed by atoms with Crippen molar-refractivity contribution in [1.29, 1.82) is 0 Å². The molecule has 1 heterocycles. The van der Waals surface area contributed by atoms with Gasteiger partial charge in [-0.2, -0.15) is 0 Å². The Morgan fingerprint density at radius 1 is 1.62 bits per heavy atom. The van der Waals surface area contributed by atoms with E-state index in [4.69, 9.17) is 9.47 Å². The Hall–Kier alpha value is -0.420. The van der Waals surface area contributed by atoms with Gasteiger partial charge in [0.15, 0.2) is 5.79 Å². The third-order valence-corrected chi connectivity index (χ3v) is 1.98. The molecule has 1 fully saturated rings. The van der Waals surface area contributed by atoms with Crippen LogP contribution in [0.25, 0.3) is 0 Å². The van der Waals surface area contributed by atoms with Gasteiger partial charge in [0.1, 0.15) is 18.3 Å². The van der Waals surface area contributed by atoms with Crippen LogP contribution in [0.2, 0.25) is 0 Å². The van der Waals surface area contributed by atoms with Crippen LogP contribution in [0.4, 0.5) is 0 Å². The molecule has 0 saturated carbocycles. The molecule has 0 bridgehead atoms. The summed E-state index contributed by atoms with van der Waals surface area (Å²) in [6.07, 6.45) is -0.976. The molecule has 1 aliphatic rings. The van der Waals surface area contributed by atoms with Gasteiger partial charge in [0.05, 0.1) is 6.61 Å². The second-order valence-electron chi connectivity index (χ2n) is 3.59. The average Bonchev–Trinajstić information content (AvgIpc) is 2.08. The number of ether oxygens (including phenoxy) is 2. The number of hydrogen-bond donors (Lipinski definition) is 2. The normalized spacial score (nSPS) is 35.4. The summed E-state index contributed by atoms with van der Waals surface area (Å²) >= 11 is 0. The van der Waals surface area contributed by atoms with E-state index in [-0.39, 0.29) is 6.61 Å². The fourth-order valence-corrected chi connectivity index (χ4v) is 1.25. The fraction of sp³-hybridized carbons (Fsp3) is 0.778. The third kappa shape index (κ3) is 2.51. The maximum atomic E-state index is 9.44. The van der Waals surface area contributed by atoms with Crippen LogP contribution in [0.15, 0.2) is 12.7 Å². The van der Waals surface area contributed by atoms with Crippen molar-refractivity contribution >= 4 is 0 Å². The van der Waals surface area contributed by atoms with E-state index in [1.165, 1.54) is 6.08 Å². The van der Waals surface area contributed by atoms with Crippen molar-refractivity contribution in [3.8, 4) is 0 Å². The van der Waals surface area contributed by atoms with Crippen molar-refractivity contribution in [3.05, 3.63) is 12.7 Å². The SMILES string of the molecule is C=CC(O)C1OC(C)(C)OCC1O. The van der Waals surface area contributed by atoms with Gasteiger partial charge in [-0.1, -0.05) is 6.08 Å². The van der Waals surface area contributed by atoms with Gasteiger partial charge >= 0.3 is 0 Å². The van der Waals surface area contributed by atoms with Crippen molar-refractivity contribution < 1.29 is 19.7 Å². The second-order valence-corrected chi connectivity index (χ2v) is 3.59.